The lowest BCUT2D eigenvalue weighted by Gasteiger charge is -2.18. The third kappa shape index (κ3) is 5.47. The first kappa shape index (κ1) is 18.7. The van der Waals surface area contributed by atoms with Crippen LogP contribution in [0.3, 0.4) is 0 Å². The van der Waals surface area contributed by atoms with Gasteiger partial charge in [-0.2, -0.15) is 5.10 Å². The minimum absolute atomic E-state index is 0.114. The summed E-state index contributed by atoms with van der Waals surface area (Å²) in [4.78, 5) is 25.7. The molecular weight excluding hydrogens is 334 g/mol. The Morgan fingerprint density at radius 1 is 1.46 bits per heavy atom. The fraction of sp³-hybridized carbons (Fsp3) is 0.667. The van der Waals surface area contributed by atoms with Gasteiger partial charge in [0.05, 0.1) is 36.5 Å². The second kappa shape index (κ2) is 8.46. The van der Waals surface area contributed by atoms with E-state index >= 15 is 0 Å². The van der Waals surface area contributed by atoms with Crippen molar-refractivity contribution in [3.05, 3.63) is 17.4 Å². The second-order valence-electron chi connectivity index (χ2n) is 6.36. The number of carbonyl (C=O) groups excluding carboxylic acids is 2. The van der Waals surface area contributed by atoms with Gasteiger partial charge in [0.1, 0.15) is 0 Å². The highest BCUT2D eigenvalue weighted by Crippen LogP contribution is 2.26. The molecule has 2 rings (SSSR count). The predicted molar refractivity (Wildman–Crippen MR) is 89.5 cm³/mol. The molecule has 9 heteroatoms. The maximum Gasteiger partial charge on any atom is 0.234 e. The molecule has 3 N–H and O–H groups in total. The van der Waals surface area contributed by atoms with Crippen molar-refractivity contribution in [3.8, 4) is 0 Å². The summed E-state index contributed by atoms with van der Waals surface area (Å²) < 4.78 is 1.65. The van der Waals surface area contributed by atoms with Gasteiger partial charge in [-0.3, -0.25) is 14.3 Å². The molecule has 2 amide bonds. The molecule has 1 aliphatic carbocycles. The van der Waals surface area contributed by atoms with Crippen molar-refractivity contribution in [1.82, 2.24) is 25.3 Å². The Hall–Kier alpha value is -1.64. The van der Waals surface area contributed by atoms with Gasteiger partial charge in [-0.25, -0.2) is 0 Å². The van der Waals surface area contributed by atoms with E-state index in [-0.39, 0.29) is 30.3 Å². The van der Waals surface area contributed by atoms with Crippen LogP contribution in [0.5, 0.6) is 0 Å². The maximum atomic E-state index is 12.2. The Labute approximate surface area is 146 Å². The highest BCUT2D eigenvalue weighted by molar-refractivity contribution is 6.30. The minimum atomic E-state index is -0.697. The molecule has 0 saturated heterocycles. The molecule has 8 nitrogen and oxygen atoms in total. The zero-order valence-corrected chi connectivity index (χ0v) is 14.7. The molecule has 0 bridgehead atoms. The molecule has 0 spiro atoms. The summed E-state index contributed by atoms with van der Waals surface area (Å²) in [6, 6.07) is -0.377. The van der Waals surface area contributed by atoms with Crippen LogP contribution in [0.1, 0.15) is 12.8 Å². The molecule has 0 unspecified atom stereocenters. The van der Waals surface area contributed by atoms with E-state index in [0.29, 0.717) is 31.0 Å². The van der Waals surface area contributed by atoms with Gasteiger partial charge in [0.25, 0.3) is 0 Å². The quantitative estimate of drug-likeness (QED) is 0.609. The number of nitrogens with one attached hydrogen (secondary N) is 2. The number of nitrogens with zero attached hydrogens (tertiary/aromatic N) is 3. The number of likely N-dealkylation sites (N-methyl/N-ethyl adjacent to an activating group) is 1. The summed E-state index contributed by atoms with van der Waals surface area (Å²) in [6.45, 7) is 1.21. The van der Waals surface area contributed by atoms with E-state index in [4.69, 9.17) is 11.6 Å². The summed E-state index contributed by atoms with van der Waals surface area (Å²) >= 11 is 5.77. The van der Waals surface area contributed by atoms with Crippen LogP contribution in [0.4, 0.5) is 0 Å². The molecular formula is C15H24ClN5O3. The summed E-state index contributed by atoms with van der Waals surface area (Å²) in [5, 5.41) is 20.3. The van der Waals surface area contributed by atoms with Gasteiger partial charge in [0.2, 0.25) is 11.8 Å². The van der Waals surface area contributed by atoms with Gasteiger partial charge in [-0.15, -0.1) is 0 Å². The standard InChI is InChI=1S/C15H24ClN5O3/c1-20(2)9-14(23)19-12-5-10(6-13(12)22)15(24)17-3-4-21-8-11(16)7-18-21/h7-8,10,12-13,22H,3-6,9H2,1-2H3,(H,17,24)(H,19,23)/t10-,12-,13-/m0/s1. The Morgan fingerprint density at radius 3 is 2.83 bits per heavy atom. The molecule has 1 aromatic rings. The smallest absolute Gasteiger partial charge is 0.234 e. The van der Waals surface area contributed by atoms with E-state index in [1.165, 1.54) is 6.20 Å². The predicted octanol–water partition coefficient (Wildman–Crippen LogP) is -0.530. The second-order valence-corrected chi connectivity index (χ2v) is 6.80. The highest BCUT2D eigenvalue weighted by atomic mass is 35.5. The summed E-state index contributed by atoms with van der Waals surface area (Å²) in [6.07, 6.45) is 3.32. The molecule has 24 heavy (non-hydrogen) atoms. The van der Waals surface area contributed by atoms with Crippen molar-refractivity contribution in [2.45, 2.75) is 31.5 Å². The van der Waals surface area contributed by atoms with E-state index in [0.717, 1.165) is 0 Å². The Balaban J connectivity index is 1.74. The van der Waals surface area contributed by atoms with Gasteiger partial charge in [0.15, 0.2) is 0 Å². The van der Waals surface area contributed by atoms with Crippen molar-refractivity contribution in [2.75, 3.05) is 27.2 Å². The number of hydrogen-bond acceptors (Lipinski definition) is 5. The first-order chi connectivity index (χ1) is 11.3. The normalized spacial score (nSPS) is 23.5. The number of hydrogen-bond donors (Lipinski definition) is 3. The zero-order chi connectivity index (χ0) is 17.7. The van der Waals surface area contributed by atoms with Crippen LogP contribution in [-0.2, 0) is 16.1 Å². The Morgan fingerprint density at radius 2 is 2.21 bits per heavy atom. The van der Waals surface area contributed by atoms with Crippen molar-refractivity contribution in [2.24, 2.45) is 5.92 Å². The van der Waals surface area contributed by atoms with Crippen molar-refractivity contribution >= 4 is 23.4 Å². The fourth-order valence-corrected chi connectivity index (χ4v) is 2.98. The summed E-state index contributed by atoms with van der Waals surface area (Å²) in [5.41, 5.74) is 0. The molecule has 0 aromatic carbocycles. The number of carbonyl (C=O) groups is 2. The molecule has 1 aromatic heterocycles. The number of rotatable bonds is 7. The average molecular weight is 358 g/mol. The highest BCUT2D eigenvalue weighted by Gasteiger charge is 2.37. The number of amides is 2. The largest absolute Gasteiger partial charge is 0.391 e. The van der Waals surface area contributed by atoms with Gasteiger partial charge in [0, 0.05) is 18.7 Å². The molecule has 0 aliphatic heterocycles. The Kier molecular flexibility index (Phi) is 6.59. The molecule has 1 saturated carbocycles. The topological polar surface area (TPSA) is 99.5 Å². The first-order valence-corrected chi connectivity index (χ1v) is 8.30. The lowest BCUT2D eigenvalue weighted by atomic mass is 10.1. The van der Waals surface area contributed by atoms with Crippen LogP contribution >= 0.6 is 11.6 Å². The average Bonchev–Trinajstić information content (AvgIpc) is 3.05. The number of aliphatic hydroxyl groups excluding tert-OH is 1. The molecule has 0 radical (unpaired) electrons. The molecule has 134 valence electrons. The molecule has 3 atom stereocenters. The molecule has 1 fully saturated rings. The monoisotopic (exact) mass is 357 g/mol. The van der Waals surface area contributed by atoms with Crippen LogP contribution in [0, 0.1) is 5.92 Å². The summed E-state index contributed by atoms with van der Waals surface area (Å²) in [7, 11) is 3.60. The van der Waals surface area contributed by atoms with Crippen molar-refractivity contribution in [1.29, 1.82) is 0 Å². The number of aromatic nitrogens is 2. The minimum Gasteiger partial charge on any atom is -0.391 e. The summed E-state index contributed by atoms with van der Waals surface area (Å²) in [5.74, 6) is -0.566. The van der Waals surface area contributed by atoms with E-state index in [1.807, 2.05) is 0 Å². The number of halogens is 1. The third-order valence-electron chi connectivity index (χ3n) is 3.95. The van der Waals surface area contributed by atoms with Crippen LogP contribution in [0.25, 0.3) is 0 Å². The Bertz CT molecular complexity index is 577. The lowest BCUT2D eigenvalue weighted by molar-refractivity contribution is -0.125. The van der Waals surface area contributed by atoms with Crippen molar-refractivity contribution < 1.29 is 14.7 Å². The van der Waals surface area contributed by atoms with Crippen LogP contribution in [0.2, 0.25) is 5.02 Å². The van der Waals surface area contributed by atoms with E-state index in [2.05, 4.69) is 15.7 Å². The SMILES string of the molecule is CN(C)CC(=O)N[C@H]1C[C@H](C(=O)NCCn2cc(Cl)cn2)C[C@@H]1O. The van der Waals surface area contributed by atoms with E-state index in [9.17, 15) is 14.7 Å². The van der Waals surface area contributed by atoms with E-state index in [1.54, 1.807) is 29.9 Å². The van der Waals surface area contributed by atoms with Crippen LogP contribution < -0.4 is 10.6 Å². The van der Waals surface area contributed by atoms with Gasteiger partial charge < -0.3 is 20.6 Å². The van der Waals surface area contributed by atoms with Crippen LogP contribution in [0.15, 0.2) is 12.4 Å². The molecule has 1 aliphatic rings. The van der Waals surface area contributed by atoms with Gasteiger partial charge >= 0.3 is 0 Å². The third-order valence-corrected chi connectivity index (χ3v) is 4.14. The van der Waals surface area contributed by atoms with Crippen molar-refractivity contribution in [3.63, 3.8) is 0 Å². The van der Waals surface area contributed by atoms with Crippen LogP contribution in [-0.4, -0.2) is 70.9 Å². The molecule has 1 heterocycles. The zero-order valence-electron chi connectivity index (χ0n) is 13.9. The van der Waals surface area contributed by atoms with Gasteiger partial charge in [-0.1, -0.05) is 11.6 Å². The lowest BCUT2D eigenvalue weighted by Crippen LogP contribution is -2.43. The van der Waals surface area contributed by atoms with E-state index < -0.39 is 6.10 Å². The number of aliphatic hydroxyl groups is 1. The fourth-order valence-electron chi connectivity index (χ4n) is 2.82. The van der Waals surface area contributed by atoms with Gasteiger partial charge in [-0.05, 0) is 26.9 Å². The first-order valence-electron chi connectivity index (χ1n) is 7.93. The maximum absolute atomic E-state index is 12.2.